The molecule has 24 heavy (non-hydrogen) atoms. The molecule has 7 heteroatoms. The summed E-state index contributed by atoms with van der Waals surface area (Å²) >= 11 is 0. The largest absolute Gasteiger partial charge is 0.352 e. The lowest BCUT2D eigenvalue weighted by molar-refractivity contribution is -0.123. The summed E-state index contributed by atoms with van der Waals surface area (Å²) in [6.07, 6.45) is 4.99. The molecule has 2 fully saturated rings. The van der Waals surface area contributed by atoms with E-state index in [2.05, 4.69) is 10.3 Å². The predicted octanol–water partition coefficient (Wildman–Crippen LogP) is 1.40. The minimum atomic E-state index is -3.20. The van der Waals surface area contributed by atoms with E-state index < -0.39 is 10.0 Å². The van der Waals surface area contributed by atoms with Crippen molar-refractivity contribution in [2.24, 2.45) is 17.3 Å². The zero-order valence-corrected chi connectivity index (χ0v) is 15.1. The van der Waals surface area contributed by atoms with Gasteiger partial charge in [-0.2, -0.15) is 0 Å². The highest BCUT2D eigenvalue weighted by Gasteiger charge is 2.61. The van der Waals surface area contributed by atoms with Crippen LogP contribution >= 0.6 is 0 Å². The lowest BCUT2D eigenvalue weighted by Crippen LogP contribution is -2.33. The Morgan fingerprint density at radius 3 is 2.79 bits per heavy atom. The van der Waals surface area contributed by atoms with Gasteiger partial charge in [0.2, 0.25) is 15.9 Å². The van der Waals surface area contributed by atoms with Crippen molar-refractivity contribution in [1.29, 1.82) is 0 Å². The number of aromatic nitrogens is 1. The van der Waals surface area contributed by atoms with E-state index in [1.54, 1.807) is 16.7 Å². The van der Waals surface area contributed by atoms with E-state index in [4.69, 9.17) is 0 Å². The Kier molecular flexibility index (Phi) is 4.66. The first-order valence-electron chi connectivity index (χ1n) is 8.47. The first-order valence-corrected chi connectivity index (χ1v) is 10.1. The van der Waals surface area contributed by atoms with Crippen LogP contribution in [0.2, 0.25) is 0 Å². The van der Waals surface area contributed by atoms with Gasteiger partial charge in [-0.25, -0.2) is 12.7 Å². The summed E-state index contributed by atoms with van der Waals surface area (Å²) in [6.45, 7) is 5.35. The molecule has 0 unspecified atom stereocenters. The Hall–Kier alpha value is -1.47. The molecule has 1 spiro atoms. The Balaban J connectivity index is 1.54. The molecule has 2 aliphatic rings. The molecule has 1 aromatic rings. The number of hydrogen-bond donors (Lipinski definition) is 1. The van der Waals surface area contributed by atoms with Gasteiger partial charge in [-0.1, -0.05) is 13.8 Å². The number of nitrogens with one attached hydrogen (secondary N) is 1. The van der Waals surface area contributed by atoms with Crippen LogP contribution in [0.15, 0.2) is 24.5 Å². The van der Waals surface area contributed by atoms with Crippen LogP contribution < -0.4 is 5.32 Å². The van der Waals surface area contributed by atoms with Gasteiger partial charge in [0, 0.05) is 37.9 Å². The van der Waals surface area contributed by atoms with E-state index in [9.17, 15) is 13.2 Å². The van der Waals surface area contributed by atoms with E-state index in [1.165, 1.54) is 0 Å². The van der Waals surface area contributed by atoms with Gasteiger partial charge in [0.25, 0.3) is 0 Å². The van der Waals surface area contributed by atoms with Crippen LogP contribution in [0.4, 0.5) is 0 Å². The number of amides is 1. The Bertz CT molecular complexity index is 705. The van der Waals surface area contributed by atoms with Crippen LogP contribution in [0.5, 0.6) is 0 Å². The van der Waals surface area contributed by atoms with Gasteiger partial charge < -0.3 is 5.32 Å². The Labute approximate surface area is 143 Å². The van der Waals surface area contributed by atoms with E-state index in [-0.39, 0.29) is 28.9 Å². The molecule has 1 aliphatic heterocycles. The van der Waals surface area contributed by atoms with Crippen molar-refractivity contribution < 1.29 is 13.2 Å². The summed E-state index contributed by atoms with van der Waals surface area (Å²) in [5.41, 5.74) is 0.882. The fourth-order valence-corrected chi connectivity index (χ4v) is 5.48. The van der Waals surface area contributed by atoms with E-state index in [1.807, 2.05) is 26.0 Å². The number of hydrogen-bond acceptors (Lipinski definition) is 4. The smallest absolute Gasteiger partial charge is 0.224 e. The molecule has 0 radical (unpaired) electrons. The molecule has 1 saturated heterocycles. The first-order chi connectivity index (χ1) is 11.3. The summed E-state index contributed by atoms with van der Waals surface area (Å²) < 4.78 is 26.3. The highest BCUT2D eigenvalue weighted by atomic mass is 32.2. The summed E-state index contributed by atoms with van der Waals surface area (Å²) in [7, 11) is -3.20. The second-order valence-corrected chi connectivity index (χ2v) is 9.46. The van der Waals surface area contributed by atoms with Gasteiger partial charge in [0.1, 0.15) is 0 Å². The van der Waals surface area contributed by atoms with Crippen LogP contribution in [0.1, 0.15) is 32.3 Å². The molecular weight excluding hydrogens is 326 g/mol. The second-order valence-electron chi connectivity index (χ2n) is 7.45. The fraction of sp³-hybridized carbons (Fsp3) is 0.647. The normalized spacial score (nSPS) is 26.9. The molecule has 1 aromatic heterocycles. The van der Waals surface area contributed by atoms with Gasteiger partial charge in [-0.15, -0.1) is 0 Å². The van der Waals surface area contributed by atoms with E-state index in [0.717, 1.165) is 18.4 Å². The molecular formula is C17H25N3O3S. The number of nitrogens with zero attached hydrogens (tertiary/aromatic N) is 2. The number of carbonyl (C=O) groups excluding carboxylic acids is 1. The van der Waals surface area contributed by atoms with E-state index in [0.29, 0.717) is 19.6 Å². The van der Waals surface area contributed by atoms with Crippen molar-refractivity contribution in [1.82, 2.24) is 14.6 Å². The average Bonchev–Trinajstić information content (AvgIpc) is 3.04. The minimum absolute atomic E-state index is 0.0370. The van der Waals surface area contributed by atoms with Crippen molar-refractivity contribution in [2.75, 3.05) is 18.8 Å². The maximum absolute atomic E-state index is 12.4. The lowest BCUT2D eigenvalue weighted by Gasteiger charge is -2.18. The van der Waals surface area contributed by atoms with Crippen molar-refractivity contribution in [3.8, 4) is 0 Å². The Morgan fingerprint density at radius 2 is 2.12 bits per heavy atom. The molecule has 6 nitrogen and oxygen atoms in total. The minimum Gasteiger partial charge on any atom is -0.352 e. The monoisotopic (exact) mass is 351 g/mol. The first kappa shape index (κ1) is 17.4. The van der Waals surface area contributed by atoms with Crippen molar-refractivity contribution in [2.45, 2.75) is 33.2 Å². The van der Waals surface area contributed by atoms with Gasteiger partial charge in [-0.05, 0) is 41.9 Å². The van der Waals surface area contributed by atoms with Crippen LogP contribution in [-0.4, -0.2) is 42.5 Å². The molecule has 1 amide bonds. The molecule has 1 N–H and O–H groups in total. The highest BCUT2D eigenvalue weighted by Crippen LogP contribution is 2.59. The summed E-state index contributed by atoms with van der Waals surface area (Å²) in [5, 5.41) is 2.96. The summed E-state index contributed by atoms with van der Waals surface area (Å²) in [4.78, 5) is 16.3. The molecule has 2 heterocycles. The molecule has 0 bridgehead atoms. The van der Waals surface area contributed by atoms with Crippen LogP contribution in [-0.2, 0) is 21.4 Å². The maximum Gasteiger partial charge on any atom is 0.224 e. The van der Waals surface area contributed by atoms with Crippen LogP contribution in [0, 0.1) is 17.3 Å². The molecule has 3 rings (SSSR count). The fourth-order valence-electron chi connectivity index (χ4n) is 3.60. The number of rotatable bonds is 6. The third-order valence-corrected chi connectivity index (χ3v) is 7.20. The quantitative estimate of drug-likeness (QED) is 0.840. The average molecular weight is 351 g/mol. The standard InChI is InChI=1S/C17H25N3O3S/c1-13(2)11-24(22,23)20-8-5-17(12-20)9-15(17)16(21)19-10-14-3-6-18-7-4-14/h3-4,6-7,13,15H,5,8-12H2,1-2H3,(H,19,21)/t15-,17+/m1/s1. The van der Waals surface area contributed by atoms with Gasteiger partial charge in [-0.3, -0.25) is 9.78 Å². The van der Waals surface area contributed by atoms with Crippen molar-refractivity contribution >= 4 is 15.9 Å². The van der Waals surface area contributed by atoms with Crippen molar-refractivity contribution in [3.63, 3.8) is 0 Å². The number of pyridine rings is 1. The van der Waals surface area contributed by atoms with Crippen molar-refractivity contribution in [3.05, 3.63) is 30.1 Å². The molecule has 1 saturated carbocycles. The molecule has 132 valence electrons. The zero-order chi connectivity index (χ0) is 17.4. The number of sulfonamides is 1. The second kappa shape index (κ2) is 6.44. The summed E-state index contributed by atoms with van der Waals surface area (Å²) in [6, 6.07) is 3.75. The third-order valence-electron chi connectivity index (χ3n) is 5.01. The molecule has 0 aromatic carbocycles. The van der Waals surface area contributed by atoms with Crippen LogP contribution in [0.3, 0.4) is 0 Å². The highest BCUT2D eigenvalue weighted by molar-refractivity contribution is 7.89. The van der Waals surface area contributed by atoms with Gasteiger partial charge in [0.15, 0.2) is 0 Å². The van der Waals surface area contributed by atoms with Gasteiger partial charge >= 0.3 is 0 Å². The van der Waals surface area contributed by atoms with E-state index >= 15 is 0 Å². The van der Waals surface area contributed by atoms with Gasteiger partial charge in [0.05, 0.1) is 5.75 Å². The SMILES string of the molecule is CC(C)CS(=O)(=O)N1CC[C@]2(C[C@@H]2C(=O)NCc2ccncc2)C1. The summed E-state index contributed by atoms with van der Waals surface area (Å²) in [5.74, 6) is 0.279. The topological polar surface area (TPSA) is 79.4 Å². The predicted molar refractivity (Wildman–Crippen MR) is 91.4 cm³/mol. The third kappa shape index (κ3) is 3.62. The zero-order valence-electron chi connectivity index (χ0n) is 14.2. The maximum atomic E-state index is 12.4. The molecule has 1 aliphatic carbocycles. The van der Waals surface area contributed by atoms with Crippen LogP contribution in [0.25, 0.3) is 0 Å². The Morgan fingerprint density at radius 1 is 1.42 bits per heavy atom. The number of carbonyl (C=O) groups is 1. The molecule has 2 atom stereocenters. The lowest BCUT2D eigenvalue weighted by atomic mass is 10.0.